The summed E-state index contributed by atoms with van der Waals surface area (Å²) in [6.07, 6.45) is -10.2. The molecule has 4 aliphatic rings. The van der Waals surface area contributed by atoms with Crippen molar-refractivity contribution in [3.05, 3.63) is 29.6 Å². The highest BCUT2D eigenvalue weighted by Crippen LogP contribution is 2.68. The number of fused-ring (bicyclic) bond motifs is 5. The summed E-state index contributed by atoms with van der Waals surface area (Å²) < 4.78 is 40.5. The minimum absolute atomic E-state index is 0.0785. The van der Waals surface area contributed by atoms with Gasteiger partial charge in [0.15, 0.2) is 29.2 Å². The van der Waals surface area contributed by atoms with Gasteiger partial charge in [0.25, 0.3) is 0 Å². The number of carbonyl (C=O) groups excluding carboxylic acids is 7. The van der Waals surface area contributed by atoms with Gasteiger partial charge in [0.1, 0.15) is 48.1 Å². The molecule has 1 aromatic heterocycles. The Morgan fingerprint density at radius 3 is 2.13 bits per heavy atom. The van der Waals surface area contributed by atoms with Crippen molar-refractivity contribution >= 4 is 41.6 Å². The lowest BCUT2D eigenvalue weighted by atomic mass is 9.45. The Morgan fingerprint density at radius 2 is 1.54 bits per heavy atom. The number of aromatic nitrogens is 1. The lowest BCUT2D eigenvalue weighted by Crippen LogP contribution is -2.88. The quantitative estimate of drug-likeness (QED) is 0.243. The molecule has 18 heteroatoms. The van der Waals surface area contributed by atoms with Crippen LogP contribution in [-0.2, 0) is 68.3 Å². The van der Waals surface area contributed by atoms with E-state index >= 15 is 0 Å². The average Bonchev–Trinajstić information content (AvgIpc) is 3.27. The van der Waals surface area contributed by atoms with Crippen LogP contribution in [0, 0.1) is 11.3 Å². The summed E-state index contributed by atoms with van der Waals surface area (Å²) in [7, 11) is 0. The number of rotatable bonds is 5. The van der Waals surface area contributed by atoms with Crippen molar-refractivity contribution in [2.24, 2.45) is 11.3 Å². The van der Waals surface area contributed by atoms with E-state index in [4.69, 9.17) is 33.2 Å². The van der Waals surface area contributed by atoms with Gasteiger partial charge < -0.3 is 48.5 Å². The summed E-state index contributed by atoms with van der Waals surface area (Å²) in [5.41, 5.74) is -12.8. The Kier molecular flexibility index (Phi) is 9.79. The fourth-order valence-corrected chi connectivity index (χ4v) is 8.31. The molecule has 1 spiro atoms. The van der Waals surface area contributed by atoms with Gasteiger partial charge >= 0.3 is 35.8 Å². The second-order valence-corrected chi connectivity index (χ2v) is 14.2. The number of pyridine rings is 1. The Morgan fingerprint density at radius 1 is 0.923 bits per heavy atom. The van der Waals surface area contributed by atoms with Gasteiger partial charge in [-0.25, -0.2) is 9.59 Å². The molecule has 4 bridgehead atoms. The van der Waals surface area contributed by atoms with Crippen LogP contribution in [0.25, 0.3) is 0 Å². The van der Waals surface area contributed by atoms with Gasteiger partial charge in [0, 0.05) is 33.9 Å². The topological polar surface area (TPSA) is 258 Å². The number of esters is 6. The molecule has 3 N–H and O–H groups in total. The van der Waals surface area contributed by atoms with Crippen LogP contribution in [0.3, 0.4) is 0 Å². The van der Waals surface area contributed by atoms with Crippen molar-refractivity contribution in [1.29, 1.82) is 0 Å². The third-order valence-corrected chi connectivity index (χ3v) is 10.4. The third-order valence-electron chi connectivity index (χ3n) is 10.4. The molecule has 0 unspecified atom stereocenters. The molecule has 3 fully saturated rings. The summed E-state index contributed by atoms with van der Waals surface area (Å²) in [4.78, 5) is 97.4. The molecule has 3 heterocycles. The van der Waals surface area contributed by atoms with Crippen LogP contribution in [0.15, 0.2) is 18.3 Å². The van der Waals surface area contributed by atoms with Crippen molar-refractivity contribution in [3.63, 3.8) is 0 Å². The molecule has 5 rings (SSSR count). The fraction of sp³-hybridized carbons (Fsp3) is 0.647. The predicted molar refractivity (Wildman–Crippen MR) is 166 cm³/mol. The zero-order chi connectivity index (χ0) is 38.8. The zero-order valence-electron chi connectivity index (χ0n) is 29.5. The van der Waals surface area contributed by atoms with Gasteiger partial charge in [-0.1, -0.05) is 0 Å². The van der Waals surface area contributed by atoms with Crippen molar-refractivity contribution < 1.29 is 82.0 Å². The number of ketones is 1. The number of nitrogens with zero attached hydrogens (tertiary/aromatic N) is 1. The summed E-state index contributed by atoms with van der Waals surface area (Å²) in [5, 5.41) is 36.3. The average molecular weight is 736 g/mol. The number of Topliss-reactive ketones (excluding diaryl/α,β-unsaturated/α-hetero) is 1. The van der Waals surface area contributed by atoms with Crippen molar-refractivity contribution in [3.8, 4) is 0 Å². The standard InChI is InChI=1S/C34H41NO17/c1-15(36)46-14-33-26(49-17(3)38)22(40)21-24(48-16(2)37)34(33)32(7,45)25(23(41)27(33)50-18(4)39)51-29(43)30(5,44)11-10-20-19(9-8-12-35-20)28(42)47-13-31(21,6)52-34/h8-9,12,21,23-27,41,44-45H,10-11,13-14H2,1-7H3/t21-,23-,24+,25+,26-,27+,30-,31-,32+,33-,34+/m0/s1. The number of carbonyl (C=O) groups is 7. The molecule has 18 nitrogen and oxygen atoms in total. The maximum Gasteiger partial charge on any atom is 0.340 e. The smallest absolute Gasteiger partial charge is 0.340 e. The first kappa shape index (κ1) is 38.7. The first-order valence-electron chi connectivity index (χ1n) is 16.4. The summed E-state index contributed by atoms with van der Waals surface area (Å²) in [5.74, 6) is -9.50. The van der Waals surface area contributed by atoms with E-state index in [0.29, 0.717) is 0 Å². The first-order chi connectivity index (χ1) is 24.1. The van der Waals surface area contributed by atoms with Crippen molar-refractivity contribution in [1.82, 2.24) is 4.98 Å². The molecule has 11 atom stereocenters. The van der Waals surface area contributed by atoms with E-state index in [2.05, 4.69) is 4.98 Å². The molecule has 0 radical (unpaired) electrons. The largest absolute Gasteiger partial charge is 0.465 e. The molecule has 284 valence electrons. The molecule has 2 aliphatic heterocycles. The van der Waals surface area contributed by atoms with Crippen LogP contribution in [0.1, 0.15) is 70.9 Å². The summed E-state index contributed by atoms with van der Waals surface area (Å²) in [6.45, 7) is 5.20. The van der Waals surface area contributed by atoms with E-state index in [1.165, 1.54) is 25.3 Å². The van der Waals surface area contributed by atoms with Gasteiger partial charge in [-0.05, 0) is 45.7 Å². The van der Waals surface area contributed by atoms with E-state index in [9.17, 15) is 48.9 Å². The molecule has 2 saturated carbocycles. The van der Waals surface area contributed by atoms with Crippen LogP contribution in [-0.4, -0.2) is 128 Å². The van der Waals surface area contributed by atoms with E-state index in [1.807, 2.05) is 0 Å². The van der Waals surface area contributed by atoms with E-state index in [0.717, 1.165) is 41.5 Å². The molecular weight excluding hydrogens is 694 g/mol. The molecule has 0 amide bonds. The second-order valence-electron chi connectivity index (χ2n) is 14.2. The lowest BCUT2D eigenvalue weighted by molar-refractivity contribution is -0.377. The number of aliphatic hydroxyl groups is 3. The van der Waals surface area contributed by atoms with Crippen LogP contribution in [0.2, 0.25) is 0 Å². The molecule has 2 aliphatic carbocycles. The van der Waals surface area contributed by atoms with Gasteiger partial charge in [0.2, 0.25) is 0 Å². The van der Waals surface area contributed by atoms with Gasteiger partial charge in [-0.15, -0.1) is 0 Å². The Balaban J connectivity index is 1.91. The first-order valence-corrected chi connectivity index (χ1v) is 16.4. The van der Waals surface area contributed by atoms with Crippen LogP contribution >= 0.6 is 0 Å². The number of hydrogen-bond acceptors (Lipinski definition) is 18. The Bertz CT molecular complexity index is 1710. The number of aryl methyl sites for hydroxylation is 1. The SMILES string of the molecule is CC(=O)OC[C@]12[C@H](OC(C)=O)[C@@H](O)[C@H]3OC(=O)[C@@](C)(O)CCc4ncccc4C(=O)OC[C@]4(C)O[C@]1([C@H](OC(C)=O)[C@@H]4C(=O)[C@@H]2OC(C)=O)[C@]3(C)O. The zero-order valence-corrected chi connectivity index (χ0v) is 29.5. The van der Waals surface area contributed by atoms with Crippen LogP contribution < -0.4 is 0 Å². The van der Waals surface area contributed by atoms with E-state index in [-0.39, 0.29) is 17.7 Å². The number of aliphatic hydroxyl groups excluding tert-OH is 1. The maximum absolute atomic E-state index is 14.9. The summed E-state index contributed by atoms with van der Waals surface area (Å²) >= 11 is 0. The van der Waals surface area contributed by atoms with Crippen LogP contribution in [0.4, 0.5) is 0 Å². The normalized spacial score (nSPS) is 39.8. The molecule has 1 aromatic rings. The van der Waals surface area contributed by atoms with E-state index in [1.54, 1.807) is 0 Å². The molecular formula is C34H41NO17. The second kappa shape index (κ2) is 13.2. The highest BCUT2D eigenvalue weighted by Gasteiger charge is 2.91. The highest BCUT2D eigenvalue weighted by atomic mass is 16.7. The third kappa shape index (κ3) is 5.81. The highest BCUT2D eigenvalue weighted by molar-refractivity contribution is 5.94. The summed E-state index contributed by atoms with van der Waals surface area (Å²) in [6, 6.07) is 2.81. The monoisotopic (exact) mass is 735 g/mol. The molecule has 1 saturated heterocycles. The fourth-order valence-electron chi connectivity index (χ4n) is 8.31. The molecule has 0 aromatic carbocycles. The Labute approximate surface area is 297 Å². The minimum atomic E-state index is -2.89. The van der Waals surface area contributed by atoms with E-state index < -0.39 is 125 Å². The maximum atomic E-state index is 14.9. The predicted octanol–water partition coefficient (Wildman–Crippen LogP) is -0.956. The minimum Gasteiger partial charge on any atom is -0.465 e. The van der Waals surface area contributed by atoms with Crippen LogP contribution in [0.5, 0.6) is 0 Å². The van der Waals surface area contributed by atoms with Crippen molar-refractivity contribution in [2.75, 3.05) is 13.2 Å². The van der Waals surface area contributed by atoms with Gasteiger partial charge in [-0.3, -0.25) is 29.0 Å². The van der Waals surface area contributed by atoms with Crippen molar-refractivity contribution in [2.45, 2.75) is 114 Å². The number of cyclic esters (lactones) is 1. The van der Waals surface area contributed by atoms with Gasteiger partial charge in [0.05, 0.1) is 17.2 Å². The number of hydrogen-bond donors (Lipinski definition) is 3. The number of ether oxygens (including phenoxy) is 7. The molecule has 52 heavy (non-hydrogen) atoms. The lowest BCUT2D eigenvalue weighted by Gasteiger charge is -2.66. The van der Waals surface area contributed by atoms with Gasteiger partial charge in [-0.2, -0.15) is 0 Å². The Hall–Kier alpha value is -4.52.